The molecule has 0 spiro atoms. The van der Waals surface area contributed by atoms with Gasteiger partial charge < -0.3 is 15.4 Å². The van der Waals surface area contributed by atoms with Crippen molar-refractivity contribution in [2.24, 2.45) is 11.7 Å². The molecular formula is C23H22N4O5. The van der Waals surface area contributed by atoms with Crippen molar-refractivity contribution in [1.82, 2.24) is 4.90 Å². The van der Waals surface area contributed by atoms with Gasteiger partial charge in [0.25, 0.3) is 11.6 Å². The molecule has 1 saturated carbocycles. The average molecular weight is 434 g/mol. The van der Waals surface area contributed by atoms with Crippen LogP contribution in [0.4, 0.5) is 10.5 Å². The Morgan fingerprint density at radius 3 is 2.28 bits per heavy atom. The number of nitro benzene ring substituents is 1. The van der Waals surface area contributed by atoms with Crippen LogP contribution >= 0.6 is 0 Å². The lowest BCUT2D eigenvalue weighted by Crippen LogP contribution is -2.36. The lowest BCUT2D eigenvalue weighted by Gasteiger charge is -2.26. The molecule has 0 aromatic heterocycles. The zero-order valence-corrected chi connectivity index (χ0v) is 17.3. The largest absolute Gasteiger partial charge is 0.423 e. The number of benzene rings is 2. The van der Waals surface area contributed by atoms with Gasteiger partial charge in [0.2, 0.25) is 5.60 Å². The van der Waals surface area contributed by atoms with Crippen molar-refractivity contribution < 1.29 is 19.2 Å². The molecule has 2 aliphatic rings. The van der Waals surface area contributed by atoms with Crippen LogP contribution in [0.25, 0.3) is 11.1 Å². The number of nitro groups is 1. The topological polar surface area (TPSA) is 140 Å². The number of primary amides is 1. The molecule has 9 nitrogen and oxygen atoms in total. The fraction of sp³-hybridized carbons (Fsp3) is 0.348. The summed E-state index contributed by atoms with van der Waals surface area (Å²) in [6, 6.07) is 13.3. The molecular weight excluding hydrogens is 412 g/mol. The quantitative estimate of drug-likeness (QED) is 0.543. The molecule has 2 aromatic carbocycles. The van der Waals surface area contributed by atoms with Gasteiger partial charge in [-0.3, -0.25) is 14.9 Å². The number of nitrogens with zero attached hydrogens (tertiary/aromatic N) is 3. The summed E-state index contributed by atoms with van der Waals surface area (Å²) in [7, 11) is 0. The van der Waals surface area contributed by atoms with E-state index < -0.39 is 16.6 Å². The van der Waals surface area contributed by atoms with Crippen molar-refractivity contribution in [2.75, 3.05) is 13.1 Å². The number of nitriles is 1. The van der Waals surface area contributed by atoms with E-state index in [9.17, 15) is 25.0 Å². The molecule has 9 heteroatoms. The fourth-order valence-corrected chi connectivity index (χ4v) is 4.27. The number of rotatable bonds is 6. The van der Waals surface area contributed by atoms with Gasteiger partial charge >= 0.3 is 6.09 Å². The molecule has 1 aliphatic heterocycles. The summed E-state index contributed by atoms with van der Waals surface area (Å²) in [5.74, 6) is -0.373. The lowest BCUT2D eigenvalue weighted by atomic mass is 9.87. The zero-order valence-electron chi connectivity index (χ0n) is 17.3. The Morgan fingerprint density at radius 1 is 1.12 bits per heavy atom. The van der Waals surface area contributed by atoms with E-state index in [1.165, 1.54) is 12.1 Å². The summed E-state index contributed by atoms with van der Waals surface area (Å²) < 4.78 is 5.16. The van der Waals surface area contributed by atoms with Crippen molar-refractivity contribution in [3.8, 4) is 17.2 Å². The third kappa shape index (κ3) is 3.87. The third-order valence-electron chi connectivity index (χ3n) is 6.03. The number of hydrogen-bond donors (Lipinski definition) is 1. The van der Waals surface area contributed by atoms with Crippen molar-refractivity contribution in [1.29, 1.82) is 5.26 Å². The second-order valence-electron chi connectivity index (χ2n) is 8.11. The molecule has 4 rings (SSSR count). The number of carbonyl (C=O) groups excluding carboxylic acids is 2. The summed E-state index contributed by atoms with van der Waals surface area (Å²) >= 11 is 0. The zero-order chi connectivity index (χ0) is 22.9. The first-order valence-electron chi connectivity index (χ1n) is 10.4. The van der Waals surface area contributed by atoms with Gasteiger partial charge in [-0.1, -0.05) is 18.2 Å². The highest BCUT2D eigenvalue weighted by molar-refractivity contribution is 5.95. The van der Waals surface area contributed by atoms with Crippen LogP contribution in [0.3, 0.4) is 0 Å². The number of amides is 2. The Bertz CT molecular complexity index is 1110. The Kier molecular flexibility index (Phi) is 5.53. The molecule has 32 heavy (non-hydrogen) atoms. The van der Waals surface area contributed by atoms with Crippen molar-refractivity contribution in [3.63, 3.8) is 0 Å². The molecule has 1 unspecified atom stereocenters. The van der Waals surface area contributed by atoms with Crippen molar-refractivity contribution in [2.45, 2.75) is 31.3 Å². The monoisotopic (exact) mass is 434 g/mol. The molecule has 0 radical (unpaired) electrons. The van der Waals surface area contributed by atoms with Gasteiger partial charge in [0.05, 0.1) is 10.5 Å². The summed E-state index contributed by atoms with van der Waals surface area (Å²) in [4.78, 5) is 37.1. The first kappa shape index (κ1) is 21.3. The second-order valence-corrected chi connectivity index (χ2v) is 8.11. The number of nitrogens with two attached hydrogens (primary N) is 1. The van der Waals surface area contributed by atoms with Crippen molar-refractivity contribution >= 4 is 17.7 Å². The highest BCUT2D eigenvalue weighted by Crippen LogP contribution is 2.50. The van der Waals surface area contributed by atoms with Crippen LogP contribution in [0.2, 0.25) is 0 Å². The van der Waals surface area contributed by atoms with Gasteiger partial charge in [0.15, 0.2) is 0 Å². The maximum absolute atomic E-state index is 12.5. The number of ether oxygens (including phenoxy) is 1. The minimum absolute atomic E-state index is 0.0101. The number of carbonyl (C=O) groups is 2. The molecule has 1 saturated heterocycles. The molecule has 0 bridgehead atoms. The predicted octanol–water partition coefficient (Wildman–Crippen LogP) is 3.72. The molecule has 1 aliphatic carbocycles. The van der Waals surface area contributed by atoms with E-state index in [1.54, 1.807) is 30.3 Å². The Balaban J connectivity index is 1.69. The highest BCUT2D eigenvalue weighted by Gasteiger charge is 2.53. The number of hydrogen-bond acceptors (Lipinski definition) is 6. The maximum Gasteiger partial charge on any atom is 0.406 e. The van der Waals surface area contributed by atoms with Crippen molar-refractivity contribution in [3.05, 3.63) is 63.7 Å². The van der Waals surface area contributed by atoms with E-state index in [0.29, 0.717) is 29.5 Å². The first-order valence-corrected chi connectivity index (χ1v) is 10.4. The van der Waals surface area contributed by atoms with Gasteiger partial charge in [-0.15, -0.1) is 0 Å². The SMILES string of the molecule is N#CC(OC(N)=O)(c1ccc(-c2ccc(C(=O)N3CCCC3)cc2)cc1[N+](=O)[O-])C1CC1. The van der Waals surface area contributed by atoms with E-state index in [2.05, 4.69) is 0 Å². The Morgan fingerprint density at radius 2 is 1.75 bits per heavy atom. The fourth-order valence-electron chi connectivity index (χ4n) is 4.27. The number of likely N-dealkylation sites (tertiary alicyclic amines) is 1. The molecule has 2 N–H and O–H groups in total. The minimum Gasteiger partial charge on any atom is -0.423 e. The normalized spacial score (nSPS) is 17.3. The van der Waals surface area contributed by atoms with Crippen LogP contribution in [0, 0.1) is 27.4 Å². The molecule has 2 amide bonds. The molecule has 2 fully saturated rings. The van der Waals surface area contributed by atoms with Gasteiger partial charge in [0.1, 0.15) is 6.07 Å². The molecule has 164 valence electrons. The van der Waals surface area contributed by atoms with E-state index in [0.717, 1.165) is 25.9 Å². The average Bonchev–Trinajstić information content (AvgIpc) is 3.51. The maximum atomic E-state index is 12.5. The summed E-state index contributed by atoms with van der Waals surface area (Å²) in [6.07, 6.45) is 2.06. The third-order valence-corrected chi connectivity index (χ3v) is 6.03. The van der Waals surface area contributed by atoms with Crippen LogP contribution in [-0.4, -0.2) is 34.9 Å². The van der Waals surface area contributed by atoms with E-state index >= 15 is 0 Å². The Labute approximate surface area is 184 Å². The summed E-state index contributed by atoms with van der Waals surface area (Å²) in [6.45, 7) is 1.51. The van der Waals surface area contributed by atoms with Gasteiger partial charge in [-0.05, 0) is 55.0 Å². The van der Waals surface area contributed by atoms with Gasteiger partial charge in [0, 0.05) is 30.6 Å². The van der Waals surface area contributed by atoms with Gasteiger partial charge in [-0.2, -0.15) is 5.26 Å². The van der Waals surface area contributed by atoms with Crippen LogP contribution in [0.15, 0.2) is 42.5 Å². The van der Waals surface area contributed by atoms with Gasteiger partial charge in [-0.25, -0.2) is 4.79 Å². The molecule has 2 aromatic rings. The van der Waals surface area contributed by atoms with Crippen LogP contribution < -0.4 is 5.73 Å². The lowest BCUT2D eigenvalue weighted by molar-refractivity contribution is -0.386. The summed E-state index contributed by atoms with van der Waals surface area (Å²) in [5.41, 5.74) is 4.86. The first-order chi connectivity index (χ1) is 15.4. The van der Waals surface area contributed by atoms with E-state index in [-0.39, 0.29) is 23.1 Å². The standard InChI is InChI=1S/C23H22N4O5/c24-14-23(18-8-9-18,32-22(25)29)19-10-7-17(13-20(19)27(30)31)15-3-5-16(6-4-15)21(28)26-11-1-2-12-26/h3-7,10,13,18H,1-2,8-9,11-12H2,(H2,25,29). The summed E-state index contributed by atoms with van der Waals surface area (Å²) in [5, 5.41) is 21.7. The second kappa shape index (κ2) is 8.30. The highest BCUT2D eigenvalue weighted by atomic mass is 16.6. The van der Waals surface area contributed by atoms with Crippen LogP contribution in [0.5, 0.6) is 0 Å². The predicted molar refractivity (Wildman–Crippen MR) is 114 cm³/mol. The van der Waals surface area contributed by atoms with Crippen LogP contribution in [-0.2, 0) is 10.3 Å². The van der Waals surface area contributed by atoms with E-state index in [4.69, 9.17) is 10.5 Å². The van der Waals surface area contributed by atoms with Crippen LogP contribution in [0.1, 0.15) is 41.6 Å². The molecule has 1 atom stereocenters. The smallest absolute Gasteiger partial charge is 0.406 e. The Hall–Kier alpha value is -3.93. The van der Waals surface area contributed by atoms with E-state index in [1.807, 2.05) is 11.0 Å². The minimum atomic E-state index is -1.79. The molecule has 1 heterocycles.